The number of allylic oxidation sites excluding steroid dienone is 2. The van der Waals surface area contributed by atoms with Gasteiger partial charge in [0.05, 0.1) is 0 Å². The van der Waals surface area contributed by atoms with Crippen LogP contribution in [0.15, 0.2) is 35.9 Å². The molecule has 1 aromatic rings. The molecule has 2 atom stereocenters. The van der Waals surface area contributed by atoms with Crippen molar-refractivity contribution in [3.8, 4) is 0 Å². The van der Waals surface area contributed by atoms with Gasteiger partial charge in [0.2, 0.25) is 0 Å². The summed E-state index contributed by atoms with van der Waals surface area (Å²) >= 11 is 0. The first-order valence-electron chi connectivity index (χ1n) is 11.3. The maximum atomic E-state index is 2.51. The van der Waals surface area contributed by atoms with Crippen LogP contribution in [0, 0.1) is 18.8 Å². The molecule has 0 aromatic heterocycles. The van der Waals surface area contributed by atoms with E-state index in [1.807, 2.05) is 0 Å². The Bertz CT molecular complexity index is 497. The van der Waals surface area contributed by atoms with E-state index in [2.05, 4.69) is 65.0 Å². The monoisotopic (exact) mass is 356 g/mol. The normalized spacial score (nSPS) is 14.4. The van der Waals surface area contributed by atoms with Crippen LogP contribution in [-0.2, 0) is 6.42 Å². The van der Waals surface area contributed by atoms with Crippen molar-refractivity contribution in [2.24, 2.45) is 11.8 Å². The van der Waals surface area contributed by atoms with Crippen LogP contribution in [-0.4, -0.2) is 0 Å². The zero-order valence-electron chi connectivity index (χ0n) is 18.3. The fourth-order valence-electron chi connectivity index (χ4n) is 3.96. The second-order valence-corrected chi connectivity index (χ2v) is 8.63. The molecule has 0 aliphatic carbocycles. The van der Waals surface area contributed by atoms with Gasteiger partial charge in [-0.25, -0.2) is 0 Å². The number of benzene rings is 1. The Kier molecular flexibility index (Phi) is 12.4. The Labute approximate surface area is 164 Å². The minimum absolute atomic E-state index is 0.729. The van der Waals surface area contributed by atoms with Crippen molar-refractivity contribution in [2.45, 2.75) is 105 Å². The Morgan fingerprint density at radius 3 is 2.50 bits per heavy atom. The summed E-state index contributed by atoms with van der Waals surface area (Å²) in [5, 5.41) is 0. The summed E-state index contributed by atoms with van der Waals surface area (Å²) in [6.45, 7) is 11.6. The van der Waals surface area contributed by atoms with Gasteiger partial charge < -0.3 is 0 Å². The lowest BCUT2D eigenvalue weighted by atomic mass is 9.90. The molecule has 0 spiro atoms. The zero-order valence-corrected chi connectivity index (χ0v) is 18.3. The second-order valence-electron chi connectivity index (χ2n) is 8.63. The molecule has 0 radical (unpaired) electrons. The minimum atomic E-state index is 0.729. The summed E-state index contributed by atoms with van der Waals surface area (Å²) in [6.07, 6.45) is 17.5. The Balaban J connectivity index is 2.33. The average Bonchev–Trinajstić information content (AvgIpc) is 2.61. The van der Waals surface area contributed by atoms with Crippen LogP contribution in [0.1, 0.15) is 103 Å². The SMILES string of the molecule is CCCCCCC(CCC)CCC(C)=CCC(C)Cc1cccc(C)c1. The summed E-state index contributed by atoms with van der Waals surface area (Å²) in [5.74, 6) is 1.68. The highest BCUT2D eigenvalue weighted by atomic mass is 14.1. The molecule has 0 heterocycles. The Morgan fingerprint density at radius 1 is 1.00 bits per heavy atom. The van der Waals surface area contributed by atoms with Gasteiger partial charge in [-0.1, -0.05) is 107 Å². The molecule has 0 fully saturated rings. The summed E-state index contributed by atoms with van der Waals surface area (Å²) in [5.41, 5.74) is 4.47. The van der Waals surface area contributed by atoms with Crippen LogP contribution < -0.4 is 0 Å². The molecule has 0 saturated carbocycles. The largest absolute Gasteiger partial charge is 0.0853 e. The molecule has 0 bridgehead atoms. The molecule has 1 aromatic carbocycles. The number of hydrogen-bond acceptors (Lipinski definition) is 0. The molecule has 0 aliphatic heterocycles. The van der Waals surface area contributed by atoms with Crippen LogP contribution in [0.4, 0.5) is 0 Å². The number of hydrogen-bond donors (Lipinski definition) is 0. The first-order valence-corrected chi connectivity index (χ1v) is 11.3. The topological polar surface area (TPSA) is 0 Å². The predicted octanol–water partition coefficient (Wildman–Crippen LogP) is 8.68. The van der Waals surface area contributed by atoms with E-state index in [9.17, 15) is 0 Å². The molecular formula is C26H44. The van der Waals surface area contributed by atoms with Crippen molar-refractivity contribution in [1.82, 2.24) is 0 Å². The number of unbranched alkanes of at least 4 members (excludes halogenated alkanes) is 3. The van der Waals surface area contributed by atoms with Crippen molar-refractivity contribution in [2.75, 3.05) is 0 Å². The maximum absolute atomic E-state index is 2.51. The molecule has 0 nitrogen and oxygen atoms in total. The van der Waals surface area contributed by atoms with Gasteiger partial charge >= 0.3 is 0 Å². The summed E-state index contributed by atoms with van der Waals surface area (Å²) in [4.78, 5) is 0. The quantitative estimate of drug-likeness (QED) is 0.231. The molecule has 1 rings (SSSR count). The Morgan fingerprint density at radius 2 is 1.81 bits per heavy atom. The molecule has 26 heavy (non-hydrogen) atoms. The fourth-order valence-corrected chi connectivity index (χ4v) is 3.96. The molecule has 0 amide bonds. The van der Waals surface area contributed by atoms with Gasteiger partial charge in [0.1, 0.15) is 0 Å². The highest BCUT2D eigenvalue weighted by molar-refractivity contribution is 5.22. The lowest BCUT2D eigenvalue weighted by molar-refractivity contribution is 0.395. The van der Waals surface area contributed by atoms with Gasteiger partial charge in [-0.15, -0.1) is 0 Å². The van der Waals surface area contributed by atoms with Crippen molar-refractivity contribution in [3.05, 3.63) is 47.0 Å². The standard InChI is InChI=1S/C26H44/c1-6-8-9-10-14-25(12-7-2)19-18-22(3)16-17-24(5)21-26-15-11-13-23(4)20-26/h11,13,15-16,20,24-25H,6-10,12,14,17-19,21H2,1-5H3. The first-order chi connectivity index (χ1) is 12.5. The van der Waals surface area contributed by atoms with Crippen molar-refractivity contribution in [3.63, 3.8) is 0 Å². The fraction of sp³-hybridized carbons (Fsp3) is 0.692. The third-order valence-electron chi connectivity index (χ3n) is 5.65. The lowest BCUT2D eigenvalue weighted by Crippen LogP contribution is -2.02. The van der Waals surface area contributed by atoms with Gasteiger partial charge in [0, 0.05) is 0 Å². The van der Waals surface area contributed by atoms with Gasteiger partial charge in [-0.2, -0.15) is 0 Å². The number of rotatable bonds is 14. The molecular weight excluding hydrogens is 312 g/mol. The molecule has 148 valence electrons. The highest BCUT2D eigenvalue weighted by Gasteiger charge is 2.08. The van der Waals surface area contributed by atoms with E-state index in [0.717, 1.165) is 11.8 Å². The van der Waals surface area contributed by atoms with Crippen molar-refractivity contribution >= 4 is 0 Å². The van der Waals surface area contributed by atoms with Crippen molar-refractivity contribution < 1.29 is 0 Å². The smallest absolute Gasteiger partial charge is 0.0250 e. The molecule has 0 aliphatic rings. The van der Waals surface area contributed by atoms with E-state index >= 15 is 0 Å². The summed E-state index contributed by atoms with van der Waals surface area (Å²) < 4.78 is 0. The first kappa shape index (κ1) is 23.0. The average molecular weight is 357 g/mol. The third-order valence-corrected chi connectivity index (χ3v) is 5.65. The summed E-state index contributed by atoms with van der Waals surface area (Å²) in [6, 6.07) is 8.98. The molecule has 2 unspecified atom stereocenters. The van der Waals surface area contributed by atoms with E-state index in [1.165, 1.54) is 81.8 Å². The third kappa shape index (κ3) is 10.8. The molecule has 0 N–H and O–H groups in total. The molecule has 0 heteroatoms. The zero-order chi connectivity index (χ0) is 19.2. The van der Waals surface area contributed by atoms with Gasteiger partial charge in [-0.3, -0.25) is 0 Å². The van der Waals surface area contributed by atoms with Gasteiger partial charge in [-0.05, 0) is 56.9 Å². The Hall–Kier alpha value is -1.04. The predicted molar refractivity (Wildman–Crippen MR) is 119 cm³/mol. The number of aryl methyl sites for hydroxylation is 1. The van der Waals surface area contributed by atoms with Crippen molar-refractivity contribution in [1.29, 1.82) is 0 Å². The minimum Gasteiger partial charge on any atom is -0.0853 e. The van der Waals surface area contributed by atoms with E-state index < -0.39 is 0 Å². The van der Waals surface area contributed by atoms with Gasteiger partial charge in [0.25, 0.3) is 0 Å². The van der Waals surface area contributed by atoms with Gasteiger partial charge in [0.15, 0.2) is 0 Å². The van der Waals surface area contributed by atoms with Crippen LogP contribution in [0.2, 0.25) is 0 Å². The van der Waals surface area contributed by atoms with E-state index in [1.54, 1.807) is 5.57 Å². The summed E-state index contributed by atoms with van der Waals surface area (Å²) in [7, 11) is 0. The van der Waals surface area contributed by atoms with E-state index in [-0.39, 0.29) is 0 Å². The second kappa shape index (κ2) is 14.1. The highest BCUT2D eigenvalue weighted by Crippen LogP contribution is 2.24. The molecule has 0 saturated heterocycles. The van der Waals surface area contributed by atoms with Crippen LogP contribution in [0.5, 0.6) is 0 Å². The van der Waals surface area contributed by atoms with Crippen LogP contribution >= 0.6 is 0 Å². The maximum Gasteiger partial charge on any atom is -0.0250 e. The van der Waals surface area contributed by atoms with Crippen LogP contribution in [0.25, 0.3) is 0 Å². The van der Waals surface area contributed by atoms with E-state index in [0.29, 0.717) is 0 Å². The van der Waals surface area contributed by atoms with Crippen LogP contribution in [0.3, 0.4) is 0 Å². The van der Waals surface area contributed by atoms with E-state index in [4.69, 9.17) is 0 Å². The lowest BCUT2D eigenvalue weighted by Gasteiger charge is -2.16.